The Bertz CT molecular complexity index is 907. The molecule has 0 unspecified atom stereocenters. The van der Waals surface area contributed by atoms with E-state index in [9.17, 15) is 10.1 Å². The highest BCUT2D eigenvalue weighted by Gasteiger charge is 2.13. The molecule has 0 amide bonds. The topological polar surface area (TPSA) is 81.0 Å². The monoisotopic (exact) mass is 342 g/mol. The van der Waals surface area contributed by atoms with Crippen LogP contribution < -0.4 is 5.32 Å². The quantitative estimate of drug-likeness (QED) is 0.423. The van der Waals surface area contributed by atoms with Crippen molar-refractivity contribution < 1.29 is 4.92 Å². The maximum Gasteiger partial charge on any atom is 0.269 e. The van der Waals surface area contributed by atoms with Crippen molar-refractivity contribution >= 4 is 34.0 Å². The number of nitro benzene ring substituents is 1. The van der Waals surface area contributed by atoms with Crippen LogP contribution >= 0.6 is 11.6 Å². The highest BCUT2D eigenvalue weighted by molar-refractivity contribution is 6.28. The molecule has 0 saturated carbocycles. The molecule has 1 N–H and O–H groups in total. The van der Waals surface area contributed by atoms with Crippen LogP contribution in [-0.4, -0.2) is 14.9 Å². The van der Waals surface area contributed by atoms with Crippen LogP contribution in [0.15, 0.2) is 42.5 Å². The Hall–Kier alpha value is -2.73. The molecule has 1 aromatic heterocycles. The molecule has 0 bridgehead atoms. The average Bonchev–Trinajstić information content (AvgIpc) is 2.54. The highest BCUT2D eigenvalue weighted by atomic mass is 35.5. The molecule has 122 valence electrons. The summed E-state index contributed by atoms with van der Waals surface area (Å²) < 4.78 is 0. The third-order valence-corrected chi connectivity index (χ3v) is 3.95. The number of halogens is 1. The fraction of sp³-hybridized carbons (Fsp3) is 0.176. The molecule has 3 aromatic rings. The molecular weight excluding hydrogens is 328 g/mol. The van der Waals surface area contributed by atoms with E-state index in [1.165, 1.54) is 12.1 Å². The Morgan fingerprint density at radius 2 is 1.88 bits per heavy atom. The molecule has 0 aliphatic carbocycles. The van der Waals surface area contributed by atoms with Gasteiger partial charge in [0.15, 0.2) is 0 Å². The molecule has 0 saturated heterocycles. The lowest BCUT2D eigenvalue weighted by Crippen LogP contribution is -2.09. The number of anilines is 1. The predicted octanol–water partition coefficient (Wildman–Crippen LogP) is 4.67. The Labute approximate surface area is 143 Å². The Morgan fingerprint density at radius 1 is 1.17 bits per heavy atom. The van der Waals surface area contributed by atoms with Gasteiger partial charge in [0.25, 0.3) is 5.69 Å². The summed E-state index contributed by atoms with van der Waals surface area (Å²) in [5.74, 6) is 0.635. The summed E-state index contributed by atoms with van der Waals surface area (Å²) in [5, 5.41) is 15.1. The van der Waals surface area contributed by atoms with Crippen molar-refractivity contribution in [2.75, 3.05) is 5.32 Å². The third kappa shape index (κ3) is 3.28. The lowest BCUT2D eigenvalue weighted by Gasteiger charge is -2.16. The largest absolute Gasteiger partial charge is 0.363 e. The Morgan fingerprint density at radius 3 is 2.54 bits per heavy atom. The van der Waals surface area contributed by atoms with Gasteiger partial charge in [0.2, 0.25) is 5.28 Å². The molecule has 0 aliphatic heterocycles. The molecule has 2 aromatic carbocycles. The van der Waals surface area contributed by atoms with Crippen LogP contribution in [0, 0.1) is 17.0 Å². The Kier molecular flexibility index (Phi) is 4.31. The summed E-state index contributed by atoms with van der Waals surface area (Å²) in [7, 11) is 0. The number of fused-ring (bicyclic) bond motifs is 1. The zero-order valence-corrected chi connectivity index (χ0v) is 13.9. The van der Waals surface area contributed by atoms with Gasteiger partial charge < -0.3 is 5.32 Å². The number of nitrogens with zero attached hydrogens (tertiary/aromatic N) is 3. The number of rotatable bonds is 4. The normalized spacial score (nSPS) is 12.1. The minimum absolute atomic E-state index is 0.0666. The number of aryl methyl sites for hydroxylation is 1. The van der Waals surface area contributed by atoms with E-state index >= 15 is 0 Å². The van der Waals surface area contributed by atoms with Gasteiger partial charge in [0, 0.05) is 23.6 Å². The van der Waals surface area contributed by atoms with E-state index in [0.29, 0.717) is 5.82 Å². The Balaban J connectivity index is 1.92. The van der Waals surface area contributed by atoms with Gasteiger partial charge in [0.05, 0.1) is 10.4 Å². The van der Waals surface area contributed by atoms with Gasteiger partial charge in [-0.15, -0.1) is 0 Å². The molecule has 0 spiro atoms. The lowest BCUT2D eigenvalue weighted by molar-refractivity contribution is -0.384. The molecule has 6 nitrogen and oxygen atoms in total. The first kappa shape index (κ1) is 16.1. The zero-order valence-electron chi connectivity index (χ0n) is 13.2. The number of aromatic nitrogens is 2. The fourth-order valence-corrected chi connectivity index (χ4v) is 2.67. The standard InChI is InChI=1S/C17H15ClN4O2/c1-10-3-8-14-15(9-10)20-17(18)21-16(14)19-11(2)12-4-6-13(7-5-12)22(23)24/h3-9,11H,1-2H3,(H,19,20,21)/t11-/m0/s1. The second kappa shape index (κ2) is 6.41. The molecule has 0 fully saturated rings. The summed E-state index contributed by atoms with van der Waals surface area (Å²) in [4.78, 5) is 18.9. The van der Waals surface area contributed by atoms with E-state index in [0.717, 1.165) is 22.0 Å². The van der Waals surface area contributed by atoms with E-state index in [1.54, 1.807) is 12.1 Å². The lowest BCUT2D eigenvalue weighted by atomic mass is 10.1. The number of hydrogen-bond donors (Lipinski definition) is 1. The summed E-state index contributed by atoms with van der Waals surface area (Å²) in [6, 6.07) is 12.2. The third-order valence-electron chi connectivity index (χ3n) is 3.78. The maximum absolute atomic E-state index is 10.7. The number of non-ortho nitro benzene ring substituents is 1. The SMILES string of the molecule is Cc1ccc2c(N[C@@H](C)c3ccc([N+](=O)[O-])cc3)nc(Cl)nc2c1. The second-order valence-corrected chi connectivity index (χ2v) is 5.91. The van der Waals surface area contributed by atoms with Gasteiger partial charge in [-0.25, -0.2) is 9.97 Å². The van der Waals surface area contributed by atoms with E-state index in [4.69, 9.17) is 11.6 Å². The maximum atomic E-state index is 10.7. The first-order valence-corrected chi connectivity index (χ1v) is 7.76. The minimum atomic E-state index is -0.415. The average molecular weight is 343 g/mol. The molecule has 3 rings (SSSR count). The van der Waals surface area contributed by atoms with Crippen LogP contribution in [0.25, 0.3) is 10.9 Å². The van der Waals surface area contributed by atoms with Crippen molar-refractivity contribution in [2.45, 2.75) is 19.9 Å². The van der Waals surface area contributed by atoms with Gasteiger partial charge in [-0.05, 0) is 48.7 Å². The van der Waals surface area contributed by atoms with Crippen LogP contribution in [0.5, 0.6) is 0 Å². The van der Waals surface area contributed by atoms with Crippen LogP contribution in [0.3, 0.4) is 0 Å². The van der Waals surface area contributed by atoms with Crippen molar-refractivity contribution in [1.29, 1.82) is 0 Å². The number of nitro groups is 1. The minimum Gasteiger partial charge on any atom is -0.363 e. The molecule has 1 heterocycles. The summed E-state index contributed by atoms with van der Waals surface area (Å²) >= 11 is 6.02. The van der Waals surface area contributed by atoms with Gasteiger partial charge in [-0.1, -0.05) is 18.2 Å². The summed E-state index contributed by atoms with van der Waals surface area (Å²) in [5.41, 5.74) is 2.84. The molecular formula is C17H15ClN4O2. The molecule has 0 radical (unpaired) electrons. The van der Waals surface area contributed by atoms with Crippen LogP contribution in [0.1, 0.15) is 24.1 Å². The fourth-order valence-electron chi connectivity index (χ4n) is 2.49. The van der Waals surface area contributed by atoms with Gasteiger partial charge in [0.1, 0.15) is 5.82 Å². The van der Waals surface area contributed by atoms with E-state index in [2.05, 4.69) is 15.3 Å². The molecule has 0 aliphatic rings. The molecule has 7 heteroatoms. The smallest absolute Gasteiger partial charge is 0.269 e. The van der Waals surface area contributed by atoms with Crippen molar-refractivity contribution in [3.8, 4) is 0 Å². The van der Waals surface area contributed by atoms with E-state index in [1.807, 2.05) is 32.0 Å². The number of hydrogen-bond acceptors (Lipinski definition) is 5. The highest BCUT2D eigenvalue weighted by Crippen LogP contribution is 2.27. The van der Waals surface area contributed by atoms with Crippen molar-refractivity contribution in [1.82, 2.24) is 9.97 Å². The van der Waals surface area contributed by atoms with Crippen molar-refractivity contribution in [3.05, 3.63) is 69.0 Å². The second-order valence-electron chi connectivity index (χ2n) is 5.58. The van der Waals surface area contributed by atoms with Crippen LogP contribution in [0.2, 0.25) is 5.28 Å². The summed E-state index contributed by atoms with van der Waals surface area (Å²) in [6.07, 6.45) is 0. The molecule has 24 heavy (non-hydrogen) atoms. The predicted molar refractivity (Wildman–Crippen MR) is 94.4 cm³/mol. The zero-order chi connectivity index (χ0) is 17.3. The van der Waals surface area contributed by atoms with E-state index < -0.39 is 4.92 Å². The first-order valence-electron chi connectivity index (χ1n) is 7.39. The van der Waals surface area contributed by atoms with Gasteiger partial charge in [-0.2, -0.15) is 0 Å². The van der Waals surface area contributed by atoms with Crippen molar-refractivity contribution in [3.63, 3.8) is 0 Å². The number of nitrogens with one attached hydrogen (secondary N) is 1. The van der Waals surface area contributed by atoms with Crippen molar-refractivity contribution in [2.24, 2.45) is 0 Å². The molecule has 1 atom stereocenters. The van der Waals surface area contributed by atoms with Crippen LogP contribution in [0.4, 0.5) is 11.5 Å². The number of benzene rings is 2. The first-order chi connectivity index (χ1) is 11.4. The van der Waals surface area contributed by atoms with E-state index in [-0.39, 0.29) is 17.0 Å². The van der Waals surface area contributed by atoms with Crippen LogP contribution in [-0.2, 0) is 0 Å². The van der Waals surface area contributed by atoms with Gasteiger partial charge in [-0.3, -0.25) is 10.1 Å². The van der Waals surface area contributed by atoms with Gasteiger partial charge >= 0.3 is 0 Å². The summed E-state index contributed by atoms with van der Waals surface area (Å²) in [6.45, 7) is 3.94.